The lowest BCUT2D eigenvalue weighted by Crippen LogP contribution is -2.31. The minimum Gasteiger partial charge on any atom is -0.441 e. The number of carbonyl (C=O) groups is 1. The third kappa shape index (κ3) is 4.23. The van der Waals surface area contributed by atoms with Crippen LogP contribution in [-0.4, -0.2) is 30.1 Å². The molecule has 1 amide bonds. The molecule has 1 aliphatic rings. The van der Waals surface area contributed by atoms with Crippen molar-refractivity contribution in [3.8, 4) is 11.3 Å². The molecule has 1 saturated heterocycles. The van der Waals surface area contributed by atoms with Crippen molar-refractivity contribution in [2.75, 3.05) is 13.2 Å². The molecular weight excluding hydrogens is 304 g/mol. The first kappa shape index (κ1) is 16.7. The van der Waals surface area contributed by atoms with Crippen molar-refractivity contribution in [1.82, 2.24) is 10.3 Å². The number of nitrogens with one attached hydrogen (secondary N) is 1. The van der Waals surface area contributed by atoms with Crippen LogP contribution in [-0.2, 0) is 16.0 Å². The molecule has 5 heteroatoms. The van der Waals surface area contributed by atoms with E-state index in [1.165, 1.54) is 11.1 Å². The van der Waals surface area contributed by atoms with E-state index in [0.29, 0.717) is 25.3 Å². The third-order valence-electron chi connectivity index (χ3n) is 4.46. The Bertz CT molecular complexity index is 702. The Balaban J connectivity index is 1.50. The lowest BCUT2D eigenvalue weighted by atomic mass is 10.1. The van der Waals surface area contributed by atoms with Crippen LogP contribution >= 0.6 is 0 Å². The molecule has 0 bridgehead atoms. The van der Waals surface area contributed by atoms with Gasteiger partial charge in [-0.1, -0.05) is 12.1 Å². The normalized spacial score (nSPS) is 17.2. The maximum Gasteiger partial charge on any atom is 0.220 e. The minimum atomic E-state index is 0.0106. The van der Waals surface area contributed by atoms with Crippen LogP contribution in [0.5, 0.6) is 0 Å². The van der Waals surface area contributed by atoms with Gasteiger partial charge in [0, 0.05) is 31.6 Å². The van der Waals surface area contributed by atoms with Gasteiger partial charge < -0.3 is 14.5 Å². The van der Waals surface area contributed by atoms with E-state index in [1.54, 1.807) is 6.20 Å². The number of rotatable bonds is 6. The highest BCUT2D eigenvalue weighted by Gasteiger charge is 2.16. The minimum absolute atomic E-state index is 0.0106. The summed E-state index contributed by atoms with van der Waals surface area (Å²) in [5.41, 5.74) is 3.49. The van der Waals surface area contributed by atoms with Crippen molar-refractivity contribution in [2.24, 2.45) is 0 Å². The largest absolute Gasteiger partial charge is 0.441 e. The molecule has 5 nitrogen and oxygen atoms in total. The molecule has 24 heavy (non-hydrogen) atoms. The second kappa shape index (κ2) is 7.62. The highest BCUT2D eigenvalue weighted by Crippen LogP contribution is 2.23. The Labute approximate surface area is 142 Å². The molecule has 2 heterocycles. The van der Waals surface area contributed by atoms with E-state index in [9.17, 15) is 4.79 Å². The molecule has 128 valence electrons. The van der Waals surface area contributed by atoms with Gasteiger partial charge in [-0.2, -0.15) is 0 Å². The molecule has 0 saturated carbocycles. The van der Waals surface area contributed by atoms with Crippen LogP contribution in [0.2, 0.25) is 0 Å². The van der Waals surface area contributed by atoms with Crippen molar-refractivity contribution in [2.45, 2.75) is 45.6 Å². The zero-order valence-corrected chi connectivity index (χ0v) is 14.3. The van der Waals surface area contributed by atoms with Gasteiger partial charge >= 0.3 is 0 Å². The summed E-state index contributed by atoms with van der Waals surface area (Å²) in [4.78, 5) is 16.2. The number of carbonyl (C=O) groups excluding carboxylic acids is 1. The molecule has 1 atom stereocenters. The molecule has 1 aromatic heterocycles. The Morgan fingerprint density at radius 1 is 1.33 bits per heavy atom. The molecule has 2 aromatic rings. The van der Waals surface area contributed by atoms with Crippen LogP contribution in [0.15, 0.2) is 28.8 Å². The fourth-order valence-corrected chi connectivity index (χ4v) is 2.80. The first-order valence-electron chi connectivity index (χ1n) is 8.52. The lowest BCUT2D eigenvalue weighted by Gasteiger charge is -2.10. The smallest absolute Gasteiger partial charge is 0.220 e. The van der Waals surface area contributed by atoms with Gasteiger partial charge in [0.25, 0.3) is 0 Å². The predicted octanol–water partition coefficient (Wildman–Crippen LogP) is 3.19. The van der Waals surface area contributed by atoms with Gasteiger partial charge in [0.05, 0.1) is 12.3 Å². The maximum atomic E-state index is 11.9. The monoisotopic (exact) mass is 328 g/mol. The fraction of sp³-hybridized carbons (Fsp3) is 0.474. The predicted molar refractivity (Wildman–Crippen MR) is 91.7 cm³/mol. The number of nitrogens with zero attached hydrogens (tertiary/aromatic N) is 1. The van der Waals surface area contributed by atoms with Gasteiger partial charge in [0.1, 0.15) is 0 Å². The lowest BCUT2D eigenvalue weighted by molar-refractivity contribution is -0.121. The zero-order chi connectivity index (χ0) is 16.9. The van der Waals surface area contributed by atoms with Crippen LogP contribution in [0, 0.1) is 13.8 Å². The zero-order valence-electron chi connectivity index (χ0n) is 14.3. The third-order valence-corrected chi connectivity index (χ3v) is 4.46. The second-order valence-corrected chi connectivity index (χ2v) is 6.36. The Morgan fingerprint density at radius 2 is 2.21 bits per heavy atom. The number of hydrogen-bond donors (Lipinski definition) is 1. The molecule has 1 aliphatic heterocycles. The van der Waals surface area contributed by atoms with Crippen molar-refractivity contribution in [3.63, 3.8) is 0 Å². The van der Waals surface area contributed by atoms with Crippen molar-refractivity contribution >= 4 is 5.91 Å². The average Bonchev–Trinajstić information content (AvgIpc) is 3.25. The van der Waals surface area contributed by atoms with Crippen LogP contribution < -0.4 is 5.32 Å². The fourth-order valence-electron chi connectivity index (χ4n) is 2.80. The average molecular weight is 328 g/mol. The van der Waals surface area contributed by atoms with Crippen molar-refractivity contribution in [1.29, 1.82) is 0 Å². The van der Waals surface area contributed by atoms with Crippen LogP contribution in [0.3, 0.4) is 0 Å². The van der Waals surface area contributed by atoms with E-state index in [1.807, 2.05) is 6.07 Å². The maximum absolute atomic E-state index is 11.9. The molecular formula is C19H24N2O3. The summed E-state index contributed by atoms with van der Waals surface area (Å²) in [6.45, 7) is 5.56. The SMILES string of the molecule is Cc1ccc(-c2cnc(CCC(=O)NC[C@H]3CCCO3)o2)cc1C. The van der Waals surface area contributed by atoms with Gasteiger partial charge in [-0.25, -0.2) is 4.98 Å². The van der Waals surface area contributed by atoms with Gasteiger partial charge in [-0.3, -0.25) is 4.79 Å². The number of benzene rings is 1. The number of hydrogen-bond acceptors (Lipinski definition) is 4. The number of oxazole rings is 1. The number of amides is 1. The number of aryl methyl sites for hydroxylation is 3. The van der Waals surface area contributed by atoms with Gasteiger partial charge in [0.2, 0.25) is 5.91 Å². The van der Waals surface area contributed by atoms with Gasteiger partial charge in [-0.05, 0) is 43.9 Å². The second-order valence-electron chi connectivity index (χ2n) is 6.36. The standard InChI is InChI=1S/C19H24N2O3/c1-13-5-6-15(10-14(13)2)17-12-21-19(24-17)8-7-18(22)20-11-16-4-3-9-23-16/h5-6,10,12,16H,3-4,7-9,11H2,1-2H3,(H,20,22)/t16-/m1/s1. The van der Waals surface area contributed by atoms with Crippen LogP contribution in [0.1, 0.15) is 36.3 Å². The first-order chi connectivity index (χ1) is 11.6. The molecule has 0 aliphatic carbocycles. The van der Waals surface area contributed by atoms with Gasteiger partial charge in [-0.15, -0.1) is 0 Å². The van der Waals surface area contributed by atoms with Crippen LogP contribution in [0.25, 0.3) is 11.3 Å². The van der Waals surface area contributed by atoms with Crippen molar-refractivity contribution < 1.29 is 13.9 Å². The highest BCUT2D eigenvalue weighted by atomic mass is 16.5. The summed E-state index contributed by atoms with van der Waals surface area (Å²) in [5.74, 6) is 1.35. The van der Waals surface area contributed by atoms with Crippen LogP contribution in [0.4, 0.5) is 0 Å². The first-order valence-corrected chi connectivity index (χ1v) is 8.52. The number of aromatic nitrogens is 1. The molecule has 1 fully saturated rings. The topological polar surface area (TPSA) is 64.4 Å². The Kier molecular flexibility index (Phi) is 5.30. The molecule has 0 unspecified atom stereocenters. The van der Waals surface area contributed by atoms with E-state index >= 15 is 0 Å². The Hall–Kier alpha value is -2.14. The Morgan fingerprint density at radius 3 is 2.96 bits per heavy atom. The molecule has 1 N–H and O–H groups in total. The quantitative estimate of drug-likeness (QED) is 0.884. The summed E-state index contributed by atoms with van der Waals surface area (Å²) in [7, 11) is 0. The summed E-state index contributed by atoms with van der Waals surface area (Å²) >= 11 is 0. The van der Waals surface area contributed by atoms with E-state index in [4.69, 9.17) is 9.15 Å². The van der Waals surface area contributed by atoms with E-state index in [0.717, 1.165) is 30.8 Å². The van der Waals surface area contributed by atoms with E-state index < -0.39 is 0 Å². The van der Waals surface area contributed by atoms with Crippen molar-refractivity contribution in [3.05, 3.63) is 41.4 Å². The van der Waals surface area contributed by atoms with E-state index in [2.05, 4.69) is 36.3 Å². The number of ether oxygens (including phenoxy) is 1. The highest BCUT2D eigenvalue weighted by molar-refractivity contribution is 5.76. The summed E-state index contributed by atoms with van der Waals surface area (Å²) in [6.07, 6.45) is 4.88. The summed E-state index contributed by atoms with van der Waals surface area (Å²) in [6, 6.07) is 6.19. The summed E-state index contributed by atoms with van der Waals surface area (Å²) < 4.78 is 11.3. The molecule has 0 spiro atoms. The molecule has 3 rings (SSSR count). The summed E-state index contributed by atoms with van der Waals surface area (Å²) in [5, 5.41) is 2.91. The van der Waals surface area contributed by atoms with E-state index in [-0.39, 0.29) is 12.0 Å². The molecule has 0 radical (unpaired) electrons. The molecule has 1 aromatic carbocycles. The van der Waals surface area contributed by atoms with Gasteiger partial charge in [0.15, 0.2) is 11.7 Å².